The molecule has 1 amide bonds. The van der Waals surface area contributed by atoms with Crippen LogP contribution in [0, 0.1) is 10.1 Å². The molecule has 3 saturated heterocycles. The van der Waals surface area contributed by atoms with Gasteiger partial charge in [0.05, 0.1) is 47.5 Å². The van der Waals surface area contributed by atoms with E-state index in [0.29, 0.717) is 18.2 Å². The Balaban J connectivity index is 1.09. The molecule has 20 heteroatoms. The molecule has 5 aliphatic rings. The van der Waals surface area contributed by atoms with Crippen LogP contribution in [0.1, 0.15) is 75.8 Å². The van der Waals surface area contributed by atoms with Gasteiger partial charge in [-0.1, -0.05) is 29.9 Å². The summed E-state index contributed by atoms with van der Waals surface area (Å²) in [5, 5.41) is 50.3. The number of morpholine rings is 1. The van der Waals surface area contributed by atoms with Crippen molar-refractivity contribution in [2.45, 2.75) is 92.1 Å². The molecule has 3 aliphatic heterocycles. The van der Waals surface area contributed by atoms with Crippen molar-refractivity contribution in [3.63, 3.8) is 0 Å². The molecule has 4 heterocycles. The number of aromatic nitrogens is 1. The van der Waals surface area contributed by atoms with Crippen molar-refractivity contribution in [1.82, 2.24) is 15.2 Å². The molecule has 0 spiro atoms. The van der Waals surface area contributed by atoms with E-state index in [1.165, 1.54) is 66.1 Å². The lowest BCUT2D eigenvalue weighted by atomic mass is 9.72. The number of carbonyl (C=O) groups excluding carboxylic acids is 3. The second-order valence-electron chi connectivity index (χ2n) is 15.0. The molecule has 2 aliphatic carbocycles. The summed E-state index contributed by atoms with van der Waals surface area (Å²) in [4.78, 5) is 58.9. The Kier molecular flexibility index (Phi) is 11.4. The number of amides is 1. The molecule has 1 unspecified atom stereocenters. The molecule has 2 aromatic carbocycles. The van der Waals surface area contributed by atoms with Crippen LogP contribution in [0.5, 0.6) is 17.2 Å². The SMILES string of the molecule is COc1cccc2c1C(=O)c1c(O)c3c(c(O)c1C2=O)C[C@@](O)(C(=O)NCC(C)SSc1ccc([N+](=O)[O-])cn1)C[C@@H]3O[C@H]1C[C@H]2[C@H](O[C@@H]3[C@@H](OC)OCCN32)[C@H](C)O1. The van der Waals surface area contributed by atoms with E-state index in [1.54, 1.807) is 0 Å². The highest BCUT2D eigenvalue weighted by Crippen LogP contribution is 2.53. The Morgan fingerprint density at radius 3 is 2.63 bits per heavy atom. The van der Waals surface area contributed by atoms with Crippen molar-refractivity contribution in [3.05, 3.63) is 80.0 Å². The van der Waals surface area contributed by atoms with Gasteiger partial charge in [0.2, 0.25) is 5.78 Å². The number of phenols is 2. The fourth-order valence-electron chi connectivity index (χ4n) is 8.60. The molecule has 9 atom stereocenters. The maximum Gasteiger partial charge on any atom is 0.287 e. The van der Waals surface area contributed by atoms with Crippen molar-refractivity contribution in [3.8, 4) is 17.2 Å². The predicted octanol–water partition coefficient (Wildman–Crippen LogP) is 3.40. The number of nitrogens with zero attached hydrogens (tertiary/aromatic N) is 3. The number of hydrogen-bond donors (Lipinski definition) is 4. The number of ether oxygens (including phenoxy) is 6. The lowest BCUT2D eigenvalue weighted by Crippen LogP contribution is -2.55. The van der Waals surface area contributed by atoms with Gasteiger partial charge in [0, 0.05) is 73.5 Å². The number of methoxy groups -OCH3 is 2. The highest BCUT2D eigenvalue weighted by atomic mass is 33.1. The van der Waals surface area contributed by atoms with E-state index >= 15 is 0 Å². The third-order valence-electron chi connectivity index (χ3n) is 11.4. The van der Waals surface area contributed by atoms with Crippen molar-refractivity contribution < 1.29 is 63.0 Å². The molecule has 0 radical (unpaired) electrons. The van der Waals surface area contributed by atoms with Gasteiger partial charge in [0.15, 0.2) is 24.6 Å². The Bertz CT molecular complexity index is 2190. The smallest absolute Gasteiger partial charge is 0.287 e. The van der Waals surface area contributed by atoms with E-state index in [1.807, 2.05) is 13.8 Å². The van der Waals surface area contributed by atoms with Crippen molar-refractivity contribution in [2.75, 3.05) is 33.9 Å². The molecule has 3 aromatic rings. The topological polar surface area (TPSA) is 239 Å². The van der Waals surface area contributed by atoms with Gasteiger partial charge < -0.3 is 49.1 Å². The van der Waals surface area contributed by atoms with E-state index in [4.69, 9.17) is 28.4 Å². The summed E-state index contributed by atoms with van der Waals surface area (Å²) in [6.07, 6.45) is -3.80. The summed E-state index contributed by atoms with van der Waals surface area (Å²) in [5.41, 5.74) is -3.60. The number of aromatic hydroxyl groups is 2. The maximum atomic E-state index is 14.2. The first-order chi connectivity index (χ1) is 28.2. The number of pyridine rings is 1. The fraction of sp³-hybridized carbons (Fsp3) is 0.487. The van der Waals surface area contributed by atoms with Gasteiger partial charge in [0.1, 0.15) is 40.2 Å². The first kappa shape index (κ1) is 41.4. The lowest BCUT2D eigenvalue weighted by Gasteiger charge is -2.43. The van der Waals surface area contributed by atoms with Gasteiger partial charge in [-0.15, -0.1) is 0 Å². The van der Waals surface area contributed by atoms with Crippen LogP contribution in [0.3, 0.4) is 0 Å². The van der Waals surface area contributed by atoms with Crippen LogP contribution in [-0.4, -0.2) is 129 Å². The summed E-state index contributed by atoms with van der Waals surface area (Å²) in [5.74, 6) is -3.50. The van der Waals surface area contributed by atoms with Crippen molar-refractivity contribution in [1.29, 1.82) is 0 Å². The average Bonchev–Trinajstić information content (AvgIpc) is 3.61. The number of benzene rings is 2. The summed E-state index contributed by atoms with van der Waals surface area (Å²) in [6, 6.07) is 7.11. The predicted molar refractivity (Wildman–Crippen MR) is 208 cm³/mol. The summed E-state index contributed by atoms with van der Waals surface area (Å²) < 4.78 is 35.9. The van der Waals surface area contributed by atoms with Crippen molar-refractivity contribution >= 4 is 44.7 Å². The number of nitrogens with one attached hydrogen (secondary N) is 1. The average molecular weight is 855 g/mol. The number of aliphatic hydroxyl groups is 1. The lowest BCUT2D eigenvalue weighted by molar-refractivity contribution is -0.385. The van der Waals surface area contributed by atoms with Crippen LogP contribution in [0.25, 0.3) is 0 Å². The van der Waals surface area contributed by atoms with Gasteiger partial charge in [-0.05, 0) is 29.9 Å². The Morgan fingerprint density at radius 2 is 1.92 bits per heavy atom. The van der Waals surface area contributed by atoms with E-state index in [2.05, 4.69) is 15.2 Å². The van der Waals surface area contributed by atoms with E-state index in [-0.39, 0.29) is 64.1 Å². The van der Waals surface area contributed by atoms with Gasteiger partial charge in [-0.2, -0.15) is 0 Å². The van der Waals surface area contributed by atoms with Gasteiger partial charge >= 0.3 is 0 Å². The van der Waals surface area contributed by atoms with E-state index < -0.39 is 94.5 Å². The molecule has 8 rings (SSSR count). The minimum Gasteiger partial charge on any atom is -0.507 e. The normalized spacial score (nSPS) is 29.1. The molecule has 1 aromatic heterocycles. The number of nitro groups is 1. The number of hydrogen-bond acceptors (Lipinski definition) is 18. The van der Waals surface area contributed by atoms with Crippen LogP contribution in [-0.2, 0) is 34.9 Å². The number of fused-ring (bicyclic) bond motifs is 6. The first-order valence-electron chi connectivity index (χ1n) is 18.9. The molecule has 59 heavy (non-hydrogen) atoms. The molecule has 3 fully saturated rings. The van der Waals surface area contributed by atoms with Crippen LogP contribution in [0.4, 0.5) is 5.69 Å². The highest BCUT2D eigenvalue weighted by Gasteiger charge is 2.55. The summed E-state index contributed by atoms with van der Waals surface area (Å²) in [6.45, 7) is 4.70. The number of phenolic OH excluding ortho intramolecular Hbond substituents is 2. The number of carbonyl (C=O) groups is 3. The largest absolute Gasteiger partial charge is 0.507 e. The van der Waals surface area contributed by atoms with Gasteiger partial charge in [-0.25, -0.2) is 4.98 Å². The molecule has 18 nitrogen and oxygen atoms in total. The zero-order valence-corrected chi connectivity index (χ0v) is 33.9. The molecule has 0 saturated carbocycles. The summed E-state index contributed by atoms with van der Waals surface area (Å²) >= 11 is 0. The maximum absolute atomic E-state index is 14.2. The fourth-order valence-corrected chi connectivity index (χ4v) is 10.5. The highest BCUT2D eigenvalue weighted by molar-refractivity contribution is 8.76. The Morgan fingerprint density at radius 1 is 1.14 bits per heavy atom. The third kappa shape index (κ3) is 7.33. The first-order valence-corrected chi connectivity index (χ1v) is 21.1. The summed E-state index contributed by atoms with van der Waals surface area (Å²) in [7, 11) is 5.48. The molecule has 0 bridgehead atoms. The molecule has 4 N–H and O–H groups in total. The monoisotopic (exact) mass is 854 g/mol. The number of rotatable bonds is 11. The third-order valence-corrected chi connectivity index (χ3v) is 14.2. The quantitative estimate of drug-likeness (QED) is 0.0732. The van der Waals surface area contributed by atoms with Gasteiger partial charge in [0.25, 0.3) is 11.6 Å². The zero-order valence-electron chi connectivity index (χ0n) is 32.3. The van der Waals surface area contributed by atoms with Crippen LogP contribution >= 0.6 is 21.6 Å². The van der Waals surface area contributed by atoms with Crippen LogP contribution in [0.15, 0.2) is 41.6 Å². The Labute approximate surface area is 345 Å². The van der Waals surface area contributed by atoms with E-state index in [9.17, 15) is 39.8 Å². The minimum absolute atomic E-state index is 0.0449. The van der Waals surface area contributed by atoms with E-state index in [0.717, 1.165) is 6.20 Å². The standard InChI is InChI=1S/C39H42N4O14S2/c1-17(58-59-25-9-8-19(16-40-25)43(50)51)15-41-38(48)39(49)13-21-28(34(47)30-29(32(21)45)31(44)20-6-5-7-23(52-3)27(20)33(30)46)24(14-39)56-26-12-22-35(18(2)55-26)57-36-37(53-4)54-11-10-42(22)36/h5-9,16-18,22,24,26,35-37,45,47,49H,10-15H2,1-4H3,(H,41,48)/t17?,18-,22-,24-,26-,35+,36+,37-,39-/m0/s1. The Hall–Kier alpha value is -4.38. The van der Waals surface area contributed by atoms with Gasteiger partial charge in [-0.3, -0.25) is 29.4 Å². The van der Waals surface area contributed by atoms with Crippen LogP contribution < -0.4 is 10.1 Å². The zero-order chi connectivity index (χ0) is 41.9. The second-order valence-corrected chi connectivity index (χ2v) is 17.7. The molecular weight excluding hydrogens is 813 g/mol. The van der Waals surface area contributed by atoms with Crippen LogP contribution in [0.2, 0.25) is 0 Å². The molecular formula is C39H42N4O14S2. The minimum atomic E-state index is -2.24. The second kappa shape index (κ2) is 16.2. The van der Waals surface area contributed by atoms with Crippen molar-refractivity contribution in [2.24, 2.45) is 0 Å². The number of ketones is 2. The molecule has 314 valence electrons.